The lowest BCUT2D eigenvalue weighted by Crippen LogP contribution is -2.34. The number of hydrogen-bond acceptors (Lipinski definition) is 7. The van der Waals surface area contributed by atoms with Crippen molar-refractivity contribution in [3.05, 3.63) is 54.1 Å². The summed E-state index contributed by atoms with van der Waals surface area (Å²) in [5, 5.41) is 0. The smallest absolute Gasteiger partial charge is 0.305 e. The number of rotatable bonds is 8. The number of ether oxygens (including phenoxy) is 3. The number of carbonyl (C=O) groups excluding carboxylic acids is 1. The van der Waals surface area contributed by atoms with Crippen molar-refractivity contribution in [3.8, 4) is 11.5 Å². The molecule has 2 aliphatic rings. The van der Waals surface area contributed by atoms with Crippen LogP contribution in [0.1, 0.15) is 31.2 Å². The van der Waals surface area contributed by atoms with Crippen molar-refractivity contribution in [2.24, 2.45) is 4.99 Å². The highest BCUT2D eigenvalue weighted by Gasteiger charge is 2.29. The van der Waals surface area contributed by atoms with Gasteiger partial charge in [0.2, 0.25) is 0 Å². The molecule has 31 heavy (non-hydrogen) atoms. The quantitative estimate of drug-likeness (QED) is 0.496. The molecule has 2 aliphatic heterocycles. The monoisotopic (exact) mass is 444 g/mol. The van der Waals surface area contributed by atoms with Gasteiger partial charge < -0.3 is 14.2 Å². The van der Waals surface area contributed by atoms with Gasteiger partial charge in [-0.05, 0) is 37.1 Å². The number of fused-ring (bicyclic) bond motifs is 2. The maximum atomic E-state index is 12.1. The zero-order valence-corrected chi connectivity index (χ0v) is 17.8. The van der Waals surface area contributed by atoms with E-state index in [9.17, 15) is 13.2 Å². The molecule has 0 fully saturated rings. The first kappa shape index (κ1) is 21.2. The second-order valence-electron chi connectivity index (χ2n) is 7.32. The van der Waals surface area contributed by atoms with Gasteiger partial charge in [0.15, 0.2) is 17.6 Å². The Morgan fingerprint density at radius 3 is 2.71 bits per heavy atom. The van der Waals surface area contributed by atoms with Crippen LogP contribution in [-0.2, 0) is 19.6 Å². The molecule has 164 valence electrons. The van der Waals surface area contributed by atoms with Crippen molar-refractivity contribution in [3.63, 3.8) is 0 Å². The molecule has 4 rings (SSSR count). The van der Waals surface area contributed by atoms with E-state index < -0.39 is 10.0 Å². The topological polar surface area (TPSA) is 103 Å². The first-order valence-electron chi connectivity index (χ1n) is 10.2. The maximum absolute atomic E-state index is 12.1. The van der Waals surface area contributed by atoms with E-state index in [0.29, 0.717) is 48.9 Å². The predicted molar refractivity (Wildman–Crippen MR) is 114 cm³/mol. The molecule has 2 heterocycles. The van der Waals surface area contributed by atoms with Crippen LogP contribution < -0.4 is 14.2 Å². The molecular formula is C22H24N2O6S. The summed E-state index contributed by atoms with van der Waals surface area (Å²) in [6.07, 6.45) is 2.22. The van der Waals surface area contributed by atoms with Gasteiger partial charge in [-0.15, -0.1) is 0 Å². The Hall–Kier alpha value is -3.07. The van der Waals surface area contributed by atoms with Gasteiger partial charge in [-0.25, -0.2) is 8.42 Å². The minimum absolute atomic E-state index is 0.153. The van der Waals surface area contributed by atoms with Crippen molar-refractivity contribution < 1.29 is 27.4 Å². The van der Waals surface area contributed by atoms with Gasteiger partial charge in [0.1, 0.15) is 19.0 Å². The van der Waals surface area contributed by atoms with Crippen LogP contribution >= 0.6 is 0 Å². The molecule has 0 radical (unpaired) electrons. The Morgan fingerprint density at radius 2 is 1.84 bits per heavy atom. The van der Waals surface area contributed by atoms with Crippen LogP contribution in [0.2, 0.25) is 0 Å². The molecule has 0 bridgehead atoms. The summed E-state index contributed by atoms with van der Waals surface area (Å²) < 4.78 is 43.2. The highest BCUT2D eigenvalue weighted by atomic mass is 32.2. The summed E-state index contributed by atoms with van der Waals surface area (Å²) >= 11 is 0. The summed E-state index contributed by atoms with van der Waals surface area (Å²) in [7, 11) is -3.51. The van der Waals surface area contributed by atoms with Crippen molar-refractivity contribution in [2.45, 2.75) is 36.7 Å². The van der Waals surface area contributed by atoms with E-state index in [1.54, 1.807) is 24.3 Å². The molecule has 0 amide bonds. The van der Waals surface area contributed by atoms with Crippen molar-refractivity contribution in [1.82, 2.24) is 4.72 Å². The van der Waals surface area contributed by atoms with Gasteiger partial charge in [0.25, 0.3) is 10.0 Å². The minimum Gasteiger partial charge on any atom is -0.486 e. The summed E-state index contributed by atoms with van der Waals surface area (Å²) in [4.78, 5) is 16.6. The van der Waals surface area contributed by atoms with Crippen LogP contribution in [0.25, 0.3) is 0 Å². The van der Waals surface area contributed by atoms with Crippen LogP contribution in [0.3, 0.4) is 0 Å². The van der Waals surface area contributed by atoms with Gasteiger partial charge >= 0.3 is 5.97 Å². The molecular weight excluding hydrogens is 420 g/mol. The normalized spacial score (nSPS) is 19.5. The molecule has 0 saturated carbocycles. The summed E-state index contributed by atoms with van der Waals surface area (Å²) in [6.45, 7) is 0.978. The predicted octanol–water partition coefficient (Wildman–Crippen LogP) is 2.67. The number of carbonyl (C=O) groups is 1. The Balaban J connectivity index is 1.13. The number of unbranched alkanes of at least 4 members (excludes halogenated alkanes) is 2. The first-order valence-corrected chi connectivity index (χ1v) is 11.7. The van der Waals surface area contributed by atoms with Gasteiger partial charge in [0, 0.05) is 18.5 Å². The average Bonchev–Trinajstić information content (AvgIpc) is 3.05. The molecule has 1 unspecified atom stereocenters. The lowest BCUT2D eigenvalue weighted by atomic mass is 10.2. The standard InChI is InChI=1S/C22H24N2O6S/c25-21(29-15-16-14-28-18-9-4-5-10-19(18)30-16)12-2-1-7-13-23-22-17-8-3-6-11-20(17)31(26,27)24-22/h3-6,8-11,16H,1-2,7,12-15H2,(H,23,24). The molecule has 0 spiro atoms. The lowest BCUT2D eigenvalue weighted by molar-refractivity contribution is -0.147. The Bertz CT molecular complexity index is 1080. The third-order valence-corrected chi connectivity index (χ3v) is 6.37. The SMILES string of the molecule is O=C(CCCCCN=C1NS(=O)(=O)c2ccccc21)OCC1COc2ccccc2O1. The van der Waals surface area contributed by atoms with E-state index in [1.807, 2.05) is 24.3 Å². The van der Waals surface area contributed by atoms with Crippen molar-refractivity contribution in [2.75, 3.05) is 19.8 Å². The summed E-state index contributed by atoms with van der Waals surface area (Å²) in [5.41, 5.74) is 0.600. The molecule has 2 aromatic rings. The van der Waals surface area contributed by atoms with E-state index in [0.717, 1.165) is 12.8 Å². The fourth-order valence-corrected chi connectivity index (χ4v) is 4.65. The highest BCUT2D eigenvalue weighted by Crippen LogP contribution is 2.30. The van der Waals surface area contributed by atoms with Crippen LogP contribution in [0.15, 0.2) is 58.4 Å². The largest absolute Gasteiger partial charge is 0.486 e. The highest BCUT2D eigenvalue weighted by molar-refractivity contribution is 7.90. The van der Waals surface area contributed by atoms with E-state index in [-0.39, 0.29) is 23.6 Å². The Morgan fingerprint density at radius 1 is 1.06 bits per heavy atom. The fraction of sp³-hybridized carbons (Fsp3) is 0.364. The van der Waals surface area contributed by atoms with Crippen molar-refractivity contribution in [1.29, 1.82) is 0 Å². The fourth-order valence-electron chi connectivity index (χ4n) is 3.40. The second-order valence-corrected chi connectivity index (χ2v) is 8.97. The maximum Gasteiger partial charge on any atom is 0.305 e. The first-order chi connectivity index (χ1) is 15.0. The third kappa shape index (κ3) is 5.16. The number of hydrogen-bond donors (Lipinski definition) is 1. The molecule has 1 N–H and O–H groups in total. The van der Waals surface area contributed by atoms with Crippen LogP contribution in [0.4, 0.5) is 0 Å². The number of nitrogens with zero attached hydrogens (tertiary/aromatic N) is 1. The number of nitrogens with one attached hydrogen (secondary N) is 1. The van der Waals surface area contributed by atoms with Gasteiger partial charge in [-0.3, -0.25) is 14.5 Å². The zero-order chi connectivity index (χ0) is 21.7. The van der Waals surface area contributed by atoms with E-state index in [2.05, 4.69) is 9.71 Å². The number of aliphatic imine (C=N–C) groups is 1. The Kier molecular flexibility index (Phi) is 6.41. The van der Waals surface area contributed by atoms with Gasteiger partial charge in [-0.2, -0.15) is 0 Å². The van der Waals surface area contributed by atoms with Crippen LogP contribution in [-0.4, -0.2) is 46.1 Å². The molecule has 2 aromatic carbocycles. The van der Waals surface area contributed by atoms with Crippen LogP contribution in [0.5, 0.6) is 11.5 Å². The van der Waals surface area contributed by atoms with Crippen LogP contribution in [0, 0.1) is 0 Å². The lowest BCUT2D eigenvalue weighted by Gasteiger charge is -2.26. The molecule has 0 saturated heterocycles. The van der Waals surface area contributed by atoms with E-state index in [1.165, 1.54) is 0 Å². The van der Waals surface area contributed by atoms with Gasteiger partial charge in [-0.1, -0.05) is 30.7 Å². The molecule has 9 heteroatoms. The number of amidine groups is 1. The zero-order valence-electron chi connectivity index (χ0n) is 17.0. The minimum atomic E-state index is -3.51. The van der Waals surface area contributed by atoms with E-state index >= 15 is 0 Å². The third-order valence-electron chi connectivity index (χ3n) is 4.97. The number of benzene rings is 2. The number of para-hydroxylation sites is 2. The molecule has 1 atom stereocenters. The van der Waals surface area contributed by atoms with Crippen molar-refractivity contribution >= 4 is 21.8 Å². The van der Waals surface area contributed by atoms with E-state index in [4.69, 9.17) is 14.2 Å². The molecule has 0 aromatic heterocycles. The Labute approximate surface area is 181 Å². The summed E-state index contributed by atoms with van der Waals surface area (Å²) in [5.74, 6) is 1.46. The average molecular weight is 445 g/mol. The molecule has 0 aliphatic carbocycles. The second kappa shape index (κ2) is 9.38. The molecule has 8 nitrogen and oxygen atoms in total. The number of esters is 1. The number of sulfonamides is 1. The van der Waals surface area contributed by atoms with Gasteiger partial charge in [0.05, 0.1) is 4.90 Å². The summed E-state index contributed by atoms with van der Waals surface area (Å²) in [6, 6.07) is 14.2.